The van der Waals surface area contributed by atoms with Gasteiger partial charge < -0.3 is 30.3 Å². The van der Waals surface area contributed by atoms with Crippen LogP contribution >= 0.6 is 0 Å². The average Bonchev–Trinajstić information content (AvgIpc) is 2.83. The van der Waals surface area contributed by atoms with Crippen molar-refractivity contribution in [2.24, 2.45) is 0 Å². The first-order valence-electron chi connectivity index (χ1n) is 11.3. The van der Waals surface area contributed by atoms with Crippen LogP contribution in [-0.4, -0.2) is 52.3 Å². The van der Waals surface area contributed by atoms with Gasteiger partial charge in [-0.05, 0) is 57.2 Å². The van der Waals surface area contributed by atoms with Gasteiger partial charge in [0.2, 0.25) is 5.95 Å². The van der Waals surface area contributed by atoms with Crippen molar-refractivity contribution < 1.29 is 18.7 Å². The minimum absolute atomic E-state index is 0.0582. The van der Waals surface area contributed by atoms with Gasteiger partial charge in [-0.2, -0.15) is 4.98 Å². The fourth-order valence-corrected chi connectivity index (χ4v) is 3.88. The Morgan fingerprint density at radius 3 is 2.71 bits per heavy atom. The Hall–Kier alpha value is -3.99. The first-order valence-corrected chi connectivity index (χ1v) is 11.3. The molecule has 35 heavy (non-hydrogen) atoms. The van der Waals surface area contributed by atoms with E-state index in [0.29, 0.717) is 30.8 Å². The van der Waals surface area contributed by atoms with Gasteiger partial charge in [-0.25, -0.2) is 14.4 Å². The molecule has 0 bridgehead atoms. The minimum atomic E-state index is -0.998. The molecule has 1 fully saturated rings. The monoisotopic (exact) mass is 479 g/mol. The molecule has 11 heteroatoms. The first kappa shape index (κ1) is 22.8. The molecular weight excluding hydrogens is 453 g/mol. The zero-order chi connectivity index (χ0) is 24.6. The number of nitrogens with zero attached hydrogens (tertiary/aromatic N) is 4. The fourth-order valence-electron chi connectivity index (χ4n) is 3.88. The molecule has 0 unspecified atom stereocenters. The van der Waals surface area contributed by atoms with Crippen LogP contribution < -0.4 is 25.6 Å². The lowest BCUT2D eigenvalue weighted by Crippen LogP contribution is -2.46. The van der Waals surface area contributed by atoms with E-state index < -0.39 is 11.4 Å². The van der Waals surface area contributed by atoms with Gasteiger partial charge in [0, 0.05) is 24.0 Å². The molecule has 1 amide bonds. The van der Waals surface area contributed by atoms with E-state index in [1.54, 1.807) is 26.0 Å². The van der Waals surface area contributed by atoms with Crippen molar-refractivity contribution in [3.05, 3.63) is 48.4 Å². The van der Waals surface area contributed by atoms with E-state index in [1.807, 2.05) is 24.3 Å². The molecule has 5 rings (SSSR count). The second kappa shape index (κ2) is 8.99. The summed E-state index contributed by atoms with van der Waals surface area (Å²) in [6.45, 7) is 7.72. The van der Waals surface area contributed by atoms with E-state index in [-0.39, 0.29) is 23.5 Å². The van der Waals surface area contributed by atoms with Gasteiger partial charge >= 0.3 is 0 Å². The second-order valence-electron chi connectivity index (χ2n) is 8.91. The highest BCUT2D eigenvalue weighted by molar-refractivity contribution is 5.99. The molecule has 0 aliphatic carbocycles. The van der Waals surface area contributed by atoms with Crippen molar-refractivity contribution >= 4 is 40.7 Å². The van der Waals surface area contributed by atoms with Crippen LogP contribution in [0.5, 0.6) is 5.75 Å². The van der Waals surface area contributed by atoms with Crippen molar-refractivity contribution in [3.8, 4) is 5.75 Å². The number of morpholine rings is 1. The maximum atomic E-state index is 14.4. The normalized spacial score (nSPS) is 18.8. The van der Waals surface area contributed by atoms with Gasteiger partial charge in [-0.1, -0.05) is 0 Å². The zero-order valence-corrected chi connectivity index (χ0v) is 19.6. The van der Waals surface area contributed by atoms with Crippen LogP contribution in [0.25, 0.3) is 0 Å². The van der Waals surface area contributed by atoms with Crippen LogP contribution in [0.3, 0.4) is 0 Å². The van der Waals surface area contributed by atoms with Gasteiger partial charge in [0.05, 0.1) is 19.4 Å². The third-order valence-corrected chi connectivity index (χ3v) is 5.82. The van der Waals surface area contributed by atoms with Gasteiger partial charge in [-0.3, -0.25) is 4.79 Å². The highest BCUT2D eigenvalue weighted by Crippen LogP contribution is 2.33. The highest BCUT2D eigenvalue weighted by Gasteiger charge is 2.36. The molecule has 4 heterocycles. The Kier molecular flexibility index (Phi) is 5.85. The van der Waals surface area contributed by atoms with Gasteiger partial charge in [0.25, 0.3) is 5.91 Å². The minimum Gasteiger partial charge on any atom is -0.474 e. The van der Waals surface area contributed by atoms with E-state index in [1.165, 1.54) is 0 Å². The summed E-state index contributed by atoms with van der Waals surface area (Å²) in [6, 6.07) is 11.5. The van der Waals surface area contributed by atoms with Crippen LogP contribution in [0.2, 0.25) is 0 Å². The molecule has 2 aliphatic rings. The van der Waals surface area contributed by atoms with Crippen molar-refractivity contribution in [1.29, 1.82) is 0 Å². The molecule has 0 radical (unpaired) electrons. The van der Waals surface area contributed by atoms with Crippen LogP contribution in [0, 0.1) is 5.82 Å². The number of fused-ring (bicyclic) bond motifs is 1. The summed E-state index contributed by atoms with van der Waals surface area (Å²) in [6.07, 6.45) is 1.08. The number of hydrogen-bond donors (Lipinski definition) is 3. The third-order valence-electron chi connectivity index (χ3n) is 5.82. The molecule has 2 aromatic heterocycles. The lowest BCUT2D eigenvalue weighted by atomic mass is 10.1. The van der Waals surface area contributed by atoms with Gasteiger partial charge in [0.15, 0.2) is 28.8 Å². The maximum Gasteiger partial charge on any atom is 0.269 e. The average molecular weight is 480 g/mol. The molecule has 3 aromatic rings. The third kappa shape index (κ3) is 4.80. The van der Waals surface area contributed by atoms with Crippen LogP contribution in [0.1, 0.15) is 20.8 Å². The lowest BCUT2D eigenvalue weighted by Gasteiger charge is -2.35. The van der Waals surface area contributed by atoms with E-state index in [0.717, 1.165) is 24.1 Å². The summed E-state index contributed by atoms with van der Waals surface area (Å²) in [5, 5.41) is 8.63. The summed E-state index contributed by atoms with van der Waals surface area (Å²) in [5.74, 6) is 0.175. The molecule has 1 aromatic carbocycles. The summed E-state index contributed by atoms with van der Waals surface area (Å²) in [4.78, 5) is 27.0. The van der Waals surface area contributed by atoms with E-state index in [9.17, 15) is 9.18 Å². The second-order valence-corrected chi connectivity index (χ2v) is 8.91. The first-order chi connectivity index (χ1) is 16.8. The topological polar surface area (TPSA) is 114 Å². The largest absolute Gasteiger partial charge is 0.474 e. The fraction of sp³-hybridized carbons (Fsp3) is 0.333. The molecule has 1 saturated heterocycles. The number of nitrogens with one attached hydrogen (secondary N) is 3. The van der Waals surface area contributed by atoms with E-state index in [4.69, 9.17) is 9.47 Å². The summed E-state index contributed by atoms with van der Waals surface area (Å²) >= 11 is 0. The SMILES string of the molecule is C[C@H]1COCCN1c1ccc(Nc2ncc(F)c(Nc3ccc4c(n3)NC(=O)C(C)(C)O4)n2)cc1. The summed E-state index contributed by atoms with van der Waals surface area (Å²) in [7, 11) is 0. The van der Waals surface area contributed by atoms with Crippen molar-refractivity contribution in [3.63, 3.8) is 0 Å². The van der Waals surface area contributed by atoms with Crippen molar-refractivity contribution in [2.75, 3.05) is 40.6 Å². The number of halogens is 1. The number of aromatic nitrogens is 3. The Morgan fingerprint density at radius 1 is 1.14 bits per heavy atom. The quantitative estimate of drug-likeness (QED) is 0.502. The number of pyridine rings is 1. The molecule has 0 spiro atoms. The van der Waals surface area contributed by atoms with Crippen LogP contribution in [-0.2, 0) is 9.53 Å². The number of amides is 1. The molecule has 1 atom stereocenters. The molecular formula is C24H26FN7O3. The number of anilines is 6. The molecule has 3 N–H and O–H groups in total. The summed E-state index contributed by atoms with van der Waals surface area (Å²) < 4.78 is 25.6. The molecule has 10 nitrogen and oxygen atoms in total. The number of carbonyl (C=O) groups excluding carboxylic acids is 1. The van der Waals surface area contributed by atoms with Crippen molar-refractivity contribution in [2.45, 2.75) is 32.4 Å². The van der Waals surface area contributed by atoms with E-state index >= 15 is 0 Å². The lowest BCUT2D eigenvalue weighted by molar-refractivity contribution is -0.129. The number of hydrogen-bond acceptors (Lipinski definition) is 9. The maximum absolute atomic E-state index is 14.4. The predicted octanol–water partition coefficient (Wildman–Crippen LogP) is 3.83. The van der Waals surface area contributed by atoms with Gasteiger partial charge in [0.1, 0.15) is 5.82 Å². The number of benzene rings is 1. The Balaban J connectivity index is 1.30. The Bertz CT molecular complexity index is 1250. The van der Waals surface area contributed by atoms with Crippen LogP contribution in [0.15, 0.2) is 42.6 Å². The standard InChI is InChI=1S/C24H26FN7O3/c1-14-13-34-11-10-32(14)16-6-4-15(5-7-16)27-23-26-12-17(25)20(31-23)28-19-9-8-18-21(29-19)30-22(33)24(2,3)35-18/h4-9,12,14H,10-11,13H2,1-3H3,(H3,26,27,28,29,30,31,33)/t14-/m0/s1. The number of carbonyl (C=O) groups is 1. The Labute approximate surface area is 201 Å². The van der Waals surface area contributed by atoms with Crippen LogP contribution in [0.4, 0.5) is 39.2 Å². The smallest absolute Gasteiger partial charge is 0.269 e. The molecule has 0 saturated carbocycles. The van der Waals surface area contributed by atoms with E-state index in [2.05, 4.69) is 42.7 Å². The summed E-state index contributed by atoms with van der Waals surface area (Å²) in [5.41, 5.74) is 0.870. The number of ether oxygens (including phenoxy) is 2. The van der Waals surface area contributed by atoms with Gasteiger partial charge in [-0.15, -0.1) is 0 Å². The Morgan fingerprint density at radius 2 is 1.94 bits per heavy atom. The number of rotatable bonds is 5. The molecule has 2 aliphatic heterocycles. The molecule has 182 valence electrons. The zero-order valence-electron chi connectivity index (χ0n) is 19.6. The highest BCUT2D eigenvalue weighted by atomic mass is 19.1. The van der Waals surface area contributed by atoms with Crippen molar-refractivity contribution in [1.82, 2.24) is 15.0 Å². The predicted molar refractivity (Wildman–Crippen MR) is 130 cm³/mol.